The van der Waals surface area contributed by atoms with Gasteiger partial charge in [0.25, 0.3) is 0 Å². The van der Waals surface area contributed by atoms with Crippen molar-refractivity contribution in [3.05, 3.63) is 212 Å². The van der Waals surface area contributed by atoms with Gasteiger partial charge in [0, 0.05) is 49.1 Å². The second-order valence-corrected chi connectivity index (χ2v) is 16.2. The summed E-state index contributed by atoms with van der Waals surface area (Å²) in [5.41, 5.74) is 12.3. The monoisotopic (exact) mass is 769 g/mol. The van der Waals surface area contributed by atoms with E-state index in [4.69, 9.17) is 4.42 Å². The molecular weight excluding hydrogens is 735 g/mol. The summed E-state index contributed by atoms with van der Waals surface area (Å²) < 4.78 is 9.32. The minimum absolute atomic E-state index is 0.867. The fourth-order valence-corrected chi connectivity index (χ4v) is 10.5. The van der Waals surface area contributed by atoms with E-state index in [0.717, 1.165) is 44.4 Å². The fourth-order valence-electron chi connectivity index (χ4n) is 9.09. The van der Waals surface area contributed by atoms with Crippen LogP contribution in [-0.2, 0) is 0 Å². The Labute approximate surface area is 345 Å². The molecule has 0 aliphatic rings. The molecule has 3 heteroatoms. The van der Waals surface area contributed by atoms with Crippen LogP contribution in [0.4, 0.5) is 17.1 Å². The van der Waals surface area contributed by atoms with E-state index in [9.17, 15) is 0 Å². The van der Waals surface area contributed by atoms with Crippen LogP contribution in [0, 0.1) is 0 Å². The molecule has 10 aromatic carbocycles. The molecule has 0 aliphatic heterocycles. The van der Waals surface area contributed by atoms with Crippen LogP contribution >= 0.6 is 11.3 Å². The summed E-state index contributed by atoms with van der Waals surface area (Å²) in [4.78, 5) is 2.42. The summed E-state index contributed by atoms with van der Waals surface area (Å²) in [5.74, 6) is 0. The third-order valence-electron chi connectivity index (χ3n) is 11.9. The minimum atomic E-state index is 0.867. The van der Waals surface area contributed by atoms with E-state index in [1.54, 1.807) is 0 Å². The number of nitrogens with zero attached hydrogens (tertiary/aromatic N) is 1. The predicted octanol–water partition coefficient (Wildman–Crippen LogP) is 16.7. The number of anilines is 3. The lowest BCUT2D eigenvalue weighted by atomic mass is 9.96. The molecular formula is C56H35NOS. The maximum atomic E-state index is 6.80. The van der Waals surface area contributed by atoms with Gasteiger partial charge >= 0.3 is 0 Å². The van der Waals surface area contributed by atoms with E-state index < -0.39 is 0 Å². The molecule has 0 aliphatic carbocycles. The fraction of sp³-hybridized carbons (Fsp3) is 0. The van der Waals surface area contributed by atoms with Crippen LogP contribution in [-0.4, -0.2) is 0 Å². The smallest absolute Gasteiger partial charge is 0.143 e. The third-order valence-corrected chi connectivity index (χ3v) is 13.1. The van der Waals surface area contributed by atoms with Crippen molar-refractivity contribution in [3.63, 3.8) is 0 Å². The van der Waals surface area contributed by atoms with Crippen LogP contribution < -0.4 is 4.90 Å². The summed E-state index contributed by atoms with van der Waals surface area (Å²) in [5, 5.41) is 9.55. The summed E-state index contributed by atoms with van der Waals surface area (Å²) in [6, 6.07) is 76.8. The molecule has 0 atom stereocenters. The van der Waals surface area contributed by atoms with Gasteiger partial charge in [-0.05, 0) is 85.9 Å². The first-order valence-corrected chi connectivity index (χ1v) is 20.9. The van der Waals surface area contributed by atoms with Crippen LogP contribution in [0.15, 0.2) is 217 Å². The van der Waals surface area contributed by atoms with Gasteiger partial charge in [0.15, 0.2) is 0 Å². The van der Waals surface area contributed by atoms with Crippen LogP contribution in [0.25, 0.3) is 97.0 Å². The molecule has 2 nitrogen and oxygen atoms in total. The maximum Gasteiger partial charge on any atom is 0.143 e. The zero-order valence-electron chi connectivity index (χ0n) is 32.0. The molecule has 0 radical (unpaired) electrons. The van der Waals surface area contributed by atoms with Crippen LogP contribution in [0.2, 0.25) is 0 Å². The number of rotatable bonds is 6. The highest BCUT2D eigenvalue weighted by Gasteiger charge is 2.23. The average molecular weight is 770 g/mol. The Kier molecular flexibility index (Phi) is 7.75. The van der Waals surface area contributed by atoms with Gasteiger partial charge < -0.3 is 9.32 Å². The zero-order chi connectivity index (χ0) is 38.9. The van der Waals surface area contributed by atoms with Crippen molar-refractivity contribution in [1.82, 2.24) is 0 Å². The molecule has 0 amide bonds. The molecule has 0 bridgehead atoms. The summed E-state index contributed by atoms with van der Waals surface area (Å²) in [6.45, 7) is 0. The van der Waals surface area contributed by atoms with Gasteiger partial charge in [0.2, 0.25) is 0 Å². The van der Waals surface area contributed by atoms with E-state index in [0.29, 0.717) is 0 Å². The van der Waals surface area contributed by atoms with E-state index >= 15 is 0 Å². The van der Waals surface area contributed by atoms with Crippen molar-refractivity contribution in [3.8, 4) is 33.4 Å². The second-order valence-electron chi connectivity index (χ2n) is 15.2. The van der Waals surface area contributed by atoms with Gasteiger partial charge in [0.05, 0.1) is 10.4 Å². The first kappa shape index (κ1) is 33.7. The normalized spacial score (nSPS) is 11.7. The highest BCUT2D eigenvalue weighted by Crippen LogP contribution is 2.51. The summed E-state index contributed by atoms with van der Waals surface area (Å²) in [6.07, 6.45) is 0. The Bertz CT molecular complexity index is 3540. The van der Waals surface area contributed by atoms with Gasteiger partial charge in [0.1, 0.15) is 11.2 Å². The minimum Gasteiger partial charge on any atom is -0.455 e. The molecule has 12 rings (SSSR count). The SMILES string of the molecule is c1ccc(-c2cccc3c2sc2c(N(c4ccc(-c5cccc6ccccc56)cc4)c4ccc5c(c4)oc4c6ccccc6ccc54)ccc(-c4ccccc4)c23)cc1. The molecule has 0 saturated heterocycles. The second kappa shape index (κ2) is 13.6. The third kappa shape index (κ3) is 5.47. The molecule has 276 valence electrons. The van der Waals surface area contributed by atoms with Crippen LogP contribution in [0.1, 0.15) is 0 Å². The van der Waals surface area contributed by atoms with Crippen molar-refractivity contribution in [1.29, 1.82) is 0 Å². The molecule has 0 N–H and O–H groups in total. The lowest BCUT2D eigenvalue weighted by Crippen LogP contribution is -2.10. The highest BCUT2D eigenvalue weighted by molar-refractivity contribution is 7.27. The first-order chi connectivity index (χ1) is 29.3. The molecule has 2 heterocycles. The van der Waals surface area contributed by atoms with Crippen molar-refractivity contribution in [2.45, 2.75) is 0 Å². The quantitative estimate of drug-likeness (QED) is 0.167. The van der Waals surface area contributed by atoms with Crippen LogP contribution in [0.3, 0.4) is 0 Å². The molecule has 0 unspecified atom stereocenters. The predicted molar refractivity (Wildman–Crippen MR) is 253 cm³/mol. The largest absolute Gasteiger partial charge is 0.455 e. The Balaban J connectivity index is 1.12. The van der Waals surface area contributed by atoms with E-state index in [2.05, 4.69) is 217 Å². The van der Waals surface area contributed by atoms with E-state index in [1.165, 1.54) is 69.7 Å². The van der Waals surface area contributed by atoms with E-state index in [1.807, 2.05) is 11.3 Å². The lowest BCUT2D eigenvalue weighted by Gasteiger charge is -2.27. The zero-order valence-corrected chi connectivity index (χ0v) is 32.8. The molecule has 0 saturated carbocycles. The Morgan fingerprint density at radius 3 is 1.75 bits per heavy atom. The van der Waals surface area contributed by atoms with Crippen molar-refractivity contribution < 1.29 is 4.42 Å². The molecule has 0 fully saturated rings. The first-order valence-electron chi connectivity index (χ1n) is 20.1. The van der Waals surface area contributed by atoms with Crippen molar-refractivity contribution in [2.75, 3.05) is 4.90 Å². The van der Waals surface area contributed by atoms with Gasteiger partial charge in [-0.25, -0.2) is 0 Å². The highest BCUT2D eigenvalue weighted by atomic mass is 32.1. The Morgan fingerprint density at radius 2 is 0.949 bits per heavy atom. The molecule has 59 heavy (non-hydrogen) atoms. The number of furan rings is 1. The number of hydrogen-bond donors (Lipinski definition) is 0. The van der Waals surface area contributed by atoms with E-state index in [-0.39, 0.29) is 0 Å². The van der Waals surface area contributed by atoms with Gasteiger partial charge in [-0.2, -0.15) is 0 Å². The maximum absolute atomic E-state index is 6.80. The van der Waals surface area contributed by atoms with Gasteiger partial charge in [-0.1, -0.05) is 170 Å². The Hall–Kier alpha value is -7.46. The average Bonchev–Trinajstić information content (AvgIpc) is 3.89. The van der Waals surface area contributed by atoms with Gasteiger partial charge in [-0.15, -0.1) is 11.3 Å². The standard InChI is InChI=1S/C56H35NOS/c1-3-13-37(14-4-1)45-33-34-51(56-53(45)50-24-12-23-47(55(50)59-56)38-15-5-2-6-16-38)57(41-28-25-40(26-29-41)44-22-11-19-36-17-7-9-20-43(36)44)42-30-32-48-49-31-27-39-18-8-10-21-46(39)54(49)58-52(48)35-42/h1-35H. The summed E-state index contributed by atoms with van der Waals surface area (Å²) in [7, 11) is 0. The number of benzene rings is 10. The van der Waals surface area contributed by atoms with Crippen LogP contribution in [0.5, 0.6) is 0 Å². The Morgan fingerprint density at radius 1 is 0.356 bits per heavy atom. The van der Waals surface area contributed by atoms with Gasteiger partial charge in [-0.3, -0.25) is 0 Å². The summed E-state index contributed by atoms with van der Waals surface area (Å²) >= 11 is 1.88. The molecule has 12 aromatic rings. The van der Waals surface area contributed by atoms with Crippen molar-refractivity contribution >= 4 is 92.1 Å². The topological polar surface area (TPSA) is 16.4 Å². The lowest BCUT2D eigenvalue weighted by molar-refractivity contribution is 0.672. The number of fused-ring (bicyclic) bond motifs is 9. The number of hydrogen-bond acceptors (Lipinski definition) is 3. The molecule has 0 spiro atoms. The number of thiophene rings is 1. The molecule has 2 aromatic heterocycles. The van der Waals surface area contributed by atoms with Crippen molar-refractivity contribution in [2.24, 2.45) is 0 Å².